The molecule has 0 saturated carbocycles. The number of carbonyl (C=O) groups excluding carboxylic acids is 2. The summed E-state index contributed by atoms with van der Waals surface area (Å²) in [5.74, 6) is -0.0877. The number of aliphatic hydroxyl groups is 4. The molecular weight excluding hydrogens is 731 g/mol. The predicted molar refractivity (Wildman–Crippen MR) is 196 cm³/mol. The molecule has 4 aromatic rings. The zero-order valence-corrected chi connectivity index (χ0v) is 29.9. The van der Waals surface area contributed by atoms with Gasteiger partial charge in [-0.3, -0.25) is 9.59 Å². The Kier molecular flexibility index (Phi) is 9.46. The standard InChI is InChI=1S/C38H36Cl2N2O9S/c39-13-18-15-41(24-11-26(44)20-5-1-3-7-22(20)31(18)24)36(48)29-9-10-30(52-29)37(49)42-16-19(14-40)32-23-8-4-2-6-21(23)27(12-25(32)42)50-38-35(47)34(46)33(45)28(17-43)51-38/h1-12,18-19,25,28,32-35,38,43-47H,13-17H2/t18-,19?,25?,28?,32?,33+,34?,35+,38?/m1/s1. The van der Waals surface area contributed by atoms with Gasteiger partial charge >= 0.3 is 0 Å². The summed E-state index contributed by atoms with van der Waals surface area (Å²) in [5, 5.41) is 53.5. The Morgan fingerprint density at radius 2 is 1.60 bits per heavy atom. The highest BCUT2D eigenvalue weighted by Crippen LogP contribution is 2.49. The van der Waals surface area contributed by atoms with Crippen LogP contribution in [0, 0.1) is 5.92 Å². The maximum absolute atomic E-state index is 14.3. The van der Waals surface area contributed by atoms with Crippen molar-refractivity contribution in [2.24, 2.45) is 5.92 Å². The van der Waals surface area contributed by atoms with E-state index in [0.717, 1.165) is 27.8 Å². The number of halogens is 2. The summed E-state index contributed by atoms with van der Waals surface area (Å²) in [5.41, 5.74) is 3.09. The van der Waals surface area contributed by atoms with Crippen molar-refractivity contribution in [2.75, 3.05) is 36.4 Å². The van der Waals surface area contributed by atoms with Crippen molar-refractivity contribution >= 4 is 68.6 Å². The molecule has 4 heterocycles. The van der Waals surface area contributed by atoms with E-state index in [-0.39, 0.29) is 47.1 Å². The van der Waals surface area contributed by atoms with Crippen LogP contribution in [0.3, 0.4) is 0 Å². The van der Waals surface area contributed by atoms with Crippen LogP contribution in [-0.2, 0) is 9.47 Å². The molecule has 4 aliphatic rings. The molecule has 2 saturated heterocycles. The van der Waals surface area contributed by atoms with E-state index in [1.54, 1.807) is 34.1 Å². The summed E-state index contributed by atoms with van der Waals surface area (Å²) in [7, 11) is 0. The van der Waals surface area contributed by atoms with Gasteiger partial charge in [-0.2, -0.15) is 0 Å². The van der Waals surface area contributed by atoms with Crippen molar-refractivity contribution in [2.45, 2.75) is 48.6 Å². The van der Waals surface area contributed by atoms with Crippen LogP contribution in [0.15, 0.2) is 72.8 Å². The van der Waals surface area contributed by atoms with Gasteiger partial charge in [-0.25, -0.2) is 0 Å². The molecule has 8 rings (SSSR count). The Labute approximate surface area is 312 Å². The molecular formula is C38H36Cl2N2O9S. The number of amides is 2. The number of hydrogen-bond donors (Lipinski definition) is 5. The Morgan fingerprint density at radius 1 is 0.885 bits per heavy atom. The lowest BCUT2D eigenvalue weighted by Gasteiger charge is -2.41. The van der Waals surface area contributed by atoms with Crippen LogP contribution in [0.4, 0.5) is 5.69 Å². The third-order valence-corrected chi connectivity index (χ3v) is 12.6. The SMILES string of the molecule is O=C(c1ccc(C(=O)N2CC(CCl)C3c4ccccc4C(OC4OC(CO)[C@H](O)C(O)[C@@H]4O)=CC32)s1)N1C[C@@H](CCl)c2c1cc(O)c1ccccc21. The second-order valence-corrected chi connectivity index (χ2v) is 15.3. The van der Waals surface area contributed by atoms with Crippen LogP contribution in [-0.4, -0.2) is 110 Å². The monoisotopic (exact) mass is 766 g/mol. The van der Waals surface area contributed by atoms with Crippen molar-refractivity contribution in [1.29, 1.82) is 0 Å². The number of rotatable bonds is 7. The van der Waals surface area contributed by atoms with E-state index in [2.05, 4.69) is 0 Å². The normalized spacial score (nSPS) is 29.4. The number of aromatic hydroxyl groups is 1. The van der Waals surface area contributed by atoms with Crippen LogP contribution in [0.5, 0.6) is 5.75 Å². The summed E-state index contributed by atoms with van der Waals surface area (Å²) < 4.78 is 11.8. The second-order valence-electron chi connectivity index (χ2n) is 13.6. The van der Waals surface area contributed by atoms with E-state index >= 15 is 0 Å². The summed E-state index contributed by atoms with van der Waals surface area (Å²) in [6, 6.07) is 19.4. The van der Waals surface area contributed by atoms with Gasteiger partial charge in [0.15, 0.2) is 0 Å². The minimum atomic E-state index is -1.62. The largest absolute Gasteiger partial charge is 0.507 e. The van der Waals surface area contributed by atoms with Crippen molar-refractivity contribution in [3.8, 4) is 5.75 Å². The van der Waals surface area contributed by atoms with Gasteiger partial charge in [0, 0.05) is 53.7 Å². The van der Waals surface area contributed by atoms with Crippen molar-refractivity contribution in [1.82, 2.24) is 4.90 Å². The Morgan fingerprint density at radius 3 is 2.33 bits per heavy atom. The molecule has 2 fully saturated rings. The number of benzene rings is 3. The number of ether oxygens (including phenoxy) is 2. The highest BCUT2D eigenvalue weighted by Gasteiger charge is 2.49. The Hall–Kier alpha value is -3.72. The number of fused-ring (bicyclic) bond motifs is 6. The minimum Gasteiger partial charge on any atom is -0.507 e. The second kappa shape index (κ2) is 13.9. The highest BCUT2D eigenvalue weighted by molar-refractivity contribution is 7.16. The zero-order chi connectivity index (χ0) is 36.4. The number of aliphatic hydroxyl groups excluding tert-OH is 4. The van der Waals surface area contributed by atoms with Gasteiger partial charge in [0.1, 0.15) is 35.9 Å². The first-order chi connectivity index (χ1) is 25.1. The molecule has 1 aliphatic carbocycles. The van der Waals surface area contributed by atoms with Gasteiger partial charge in [0.25, 0.3) is 11.8 Å². The van der Waals surface area contributed by atoms with E-state index in [9.17, 15) is 35.1 Å². The van der Waals surface area contributed by atoms with Crippen molar-refractivity contribution in [3.05, 3.63) is 99.3 Å². The fourth-order valence-corrected chi connectivity index (χ4v) is 9.64. The molecule has 52 heavy (non-hydrogen) atoms. The molecule has 0 bridgehead atoms. The first kappa shape index (κ1) is 35.3. The predicted octanol–water partition coefficient (Wildman–Crippen LogP) is 4.22. The quantitative estimate of drug-likeness (QED) is 0.174. The lowest BCUT2D eigenvalue weighted by molar-refractivity contribution is -0.284. The van der Waals surface area contributed by atoms with Gasteiger partial charge in [-0.1, -0.05) is 48.5 Å². The fourth-order valence-electron chi connectivity index (χ4n) is 8.19. The Balaban J connectivity index is 1.09. The third-order valence-electron chi connectivity index (χ3n) is 10.7. The number of nitrogens with zero attached hydrogens (tertiary/aromatic N) is 2. The molecule has 0 spiro atoms. The fraction of sp³-hybridized carbons (Fsp3) is 0.368. The molecule has 3 aliphatic heterocycles. The number of carbonyl (C=O) groups is 2. The molecule has 272 valence electrons. The maximum Gasteiger partial charge on any atom is 0.268 e. The topological polar surface area (TPSA) is 160 Å². The molecule has 14 heteroatoms. The van der Waals surface area contributed by atoms with Crippen molar-refractivity contribution in [3.63, 3.8) is 0 Å². The summed E-state index contributed by atoms with van der Waals surface area (Å²) in [6.45, 7) is 0.0638. The number of phenols is 1. The number of anilines is 1. The van der Waals surface area contributed by atoms with Gasteiger partial charge in [-0.15, -0.1) is 34.5 Å². The first-order valence-corrected chi connectivity index (χ1v) is 18.9. The van der Waals surface area contributed by atoms with E-state index in [4.69, 9.17) is 32.7 Å². The van der Waals surface area contributed by atoms with Crippen LogP contribution < -0.4 is 4.90 Å². The minimum absolute atomic E-state index is 0.0684. The van der Waals surface area contributed by atoms with Crippen LogP contribution >= 0.6 is 34.5 Å². The van der Waals surface area contributed by atoms with Gasteiger partial charge < -0.3 is 44.8 Å². The van der Waals surface area contributed by atoms with E-state index in [1.165, 1.54) is 0 Å². The first-order valence-electron chi connectivity index (χ1n) is 17.0. The Bertz CT molecular complexity index is 2070. The molecule has 2 amide bonds. The van der Waals surface area contributed by atoms with Crippen LogP contribution in [0.2, 0.25) is 0 Å². The molecule has 9 atom stereocenters. The van der Waals surface area contributed by atoms with Crippen LogP contribution in [0.25, 0.3) is 16.5 Å². The van der Waals surface area contributed by atoms with E-state index in [0.29, 0.717) is 45.2 Å². The average molecular weight is 768 g/mol. The summed E-state index contributed by atoms with van der Waals surface area (Å²) >= 11 is 14.0. The maximum atomic E-state index is 14.3. The number of hydrogen-bond acceptors (Lipinski definition) is 10. The highest BCUT2D eigenvalue weighted by atomic mass is 35.5. The molecule has 5 N–H and O–H groups in total. The average Bonchev–Trinajstić information content (AvgIpc) is 3.91. The molecule has 6 unspecified atom stereocenters. The van der Waals surface area contributed by atoms with Crippen molar-refractivity contribution < 1.29 is 44.6 Å². The lowest BCUT2D eigenvalue weighted by Crippen LogP contribution is -2.59. The van der Waals surface area contributed by atoms with E-state index < -0.39 is 43.4 Å². The number of phenolic OH excluding ortho intramolecular Hbond substituents is 1. The van der Waals surface area contributed by atoms with Gasteiger partial charge in [0.05, 0.1) is 28.1 Å². The number of thiophene rings is 1. The zero-order valence-electron chi connectivity index (χ0n) is 27.6. The van der Waals surface area contributed by atoms with E-state index in [1.807, 2.05) is 48.5 Å². The molecule has 1 aromatic heterocycles. The van der Waals surface area contributed by atoms with Gasteiger partial charge in [-0.05, 0) is 40.6 Å². The summed E-state index contributed by atoms with van der Waals surface area (Å²) in [6.07, 6.45) is -5.57. The number of alkyl halides is 2. The van der Waals surface area contributed by atoms with Gasteiger partial charge in [0.2, 0.25) is 6.29 Å². The molecule has 3 aromatic carbocycles. The summed E-state index contributed by atoms with van der Waals surface area (Å²) in [4.78, 5) is 32.4. The molecule has 0 radical (unpaired) electrons. The number of likely N-dealkylation sites (tertiary alicyclic amines) is 1. The molecule has 11 nitrogen and oxygen atoms in total. The smallest absolute Gasteiger partial charge is 0.268 e. The third kappa shape index (κ3) is 5.68. The lowest BCUT2D eigenvalue weighted by atomic mass is 9.78. The van der Waals surface area contributed by atoms with Crippen LogP contribution in [0.1, 0.15) is 47.9 Å².